The van der Waals surface area contributed by atoms with Gasteiger partial charge in [-0.2, -0.15) is 0 Å². The Hall–Kier alpha value is -3.49. The average molecular weight is 543 g/mol. The molecule has 214 valence electrons. The minimum absolute atomic E-state index is 0.0470. The minimum atomic E-state index is -1.23. The highest BCUT2D eigenvalue weighted by molar-refractivity contribution is 5.88. The monoisotopic (exact) mass is 542 g/mol. The fourth-order valence-electron chi connectivity index (χ4n) is 4.76. The number of carbonyl (C=O) groups excluding carboxylic acids is 1. The molecule has 1 aromatic carbocycles. The summed E-state index contributed by atoms with van der Waals surface area (Å²) in [5.74, 6) is -0.0197. The highest BCUT2D eigenvalue weighted by Gasteiger charge is 2.34. The summed E-state index contributed by atoms with van der Waals surface area (Å²) in [5, 5.41) is 12.3. The number of aromatic nitrogens is 1. The van der Waals surface area contributed by atoms with Crippen LogP contribution in [-0.4, -0.2) is 47.6 Å². The van der Waals surface area contributed by atoms with Crippen LogP contribution in [0.5, 0.6) is 11.5 Å². The number of nitrogens with one attached hydrogen (secondary N) is 1. The van der Waals surface area contributed by atoms with Crippen molar-refractivity contribution in [3.8, 4) is 22.8 Å². The van der Waals surface area contributed by atoms with Crippen LogP contribution in [0.25, 0.3) is 11.3 Å². The van der Waals surface area contributed by atoms with Crippen molar-refractivity contribution in [2.45, 2.75) is 85.3 Å². The first-order valence-corrected chi connectivity index (χ1v) is 13.5. The first kappa shape index (κ1) is 30.1. The summed E-state index contributed by atoms with van der Waals surface area (Å²) in [5.41, 5.74) is 1.11. The van der Waals surface area contributed by atoms with E-state index in [1.807, 2.05) is 37.5 Å². The van der Waals surface area contributed by atoms with Crippen molar-refractivity contribution in [2.75, 3.05) is 20.3 Å². The van der Waals surface area contributed by atoms with Gasteiger partial charge in [0.05, 0.1) is 19.4 Å². The molecule has 39 heavy (non-hydrogen) atoms. The maximum absolute atomic E-state index is 12.6. The molecule has 0 unspecified atom stereocenters. The Bertz CT molecular complexity index is 1250. The molecule has 9 heteroatoms. The second-order valence-electron chi connectivity index (χ2n) is 12.1. The largest absolute Gasteiger partial charge is 0.493 e. The Kier molecular flexibility index (Phi) is 9.35. The van der Waals surface area contributed by atoms with E-state index in [2.05, 4.69) is 26.1 Å². The van der Waals surface area contributed by atoms with Gasteiger partial charge in [0, 0.05) is 30.4 Å². The summed E-state index contributed by atoms with van der Waals surface area (Å²) < 4.78 is 18.9. The maximum atomic E-state index is 12.6. The number of hydrogen-bond acceptors (Lipinski definition) is 6. The predicted octanol–water partition coefficient (Wildman–Crippen LogP) is 5.83. The topological polar surface area (TPSA) is 116 Å². The summed E-state index contributed by atoms with van der Waals surface area (Å²) >= 11 is 0. The molecule has 1 aromatic heterocycles. The Morgan fingerprint density at radius 2 is 1.72 bits per heavy atom. The lowest BCUT2D eigenvalue weighted by atomic mass is 9.78. The Morgan fingerprint density at radius 3 is 2.33 bits per heavy atom. The molecule has 2 heterocycles. The van der Waals surface area contributed by atoms with Gasteiger partial charge in [0.2, 0.25) is 0 Å². The zero-order chi connectivity index (χ0) is 29.0. The zero-order valence-electron chi connectivity index (χ0n) is 24.2. The first-order valence-electron chi connectivity index (χ1n) is 13.5. The van der Waals surface area contributed by atoms with E-state index in [1.54, 1.807) is 7.11 Å². The summed E-state index contributed by atoms with van der Waals surface area (Å²) in [7, 11) is 1.58. The van der Waals surface area contributed by atoms with Crippen molar-refractivity contribution in [3.05, 3.63) is 45.7 Å². The van der Waals surface area contributed by atoms with Gasteiger partial charge in [-0.05, 0) is 63.1 Å². The van der Waals surface area contributed by atoms with Crippen molar-refractivity contribution in [2.24, 2.45) is 5.41 Å². The number of unbranched alkanes of at least 4 members (excludes halogenated alkanes) is 3. The molecule has 0 bridgehead atoms. The van der Waals surface area contributed by atoms with E-state index in [1.165, 1.54) is 12.3 Å². The van der Waals surface area contributed by atoms with Gasteiger partial charge in [-0.25, -0.2) is 9.59 Å². The molecule has 0 fully saturated rings. The fraction of sp³-hybridized carbons (Fsp3) is 0.567. The molecule has 0 aliphatic carbocycles. The van der Waals surface area contributed by atoms with E-state index in [9.17, 15) is 19.5 Å². The number of rotatable bonds is 10. The Balaban J connectivity index is 1.67. The number of carboxylic acids is 1. The SMILES string of the molecule is COc1cc2c(cc1OCCCCCCNC(=O)OC(C)(C)C)C[C@H](C(C)(C)C)n1cc(C(=O)O)c(=O)cc1-2. The van der Waals surface area contributed by atoms with E-state index in [-0.39, 0.29) is 17.0 Å². The minimum Gasteiger partial charge on any atom is -0.493 e. The van der Waals surface area contributed by atoms with Crippen LogP contribution >= 0.6 is 0 Å². The molecular formula is C30H42N2O7. The summed E-state index contributed by atoms with van der Waals surface area (Å²) in [4.78, 5) is 36.0. The van der Waals surface area contributed by atoms with Crippen molar-refractivity contribution >= 4 is 12.1 Å². The van der Waals surface area contributed by atoms with Crippen LogP contribution in [0.3, 0.4) is 0 Å². The molecule has 9 nitrogen and oxygen atoms in total. The third-order valence-corrected chi connectivity index (χ3v) is 6.72. The van der Waals surface area contributed by atoms with E-state index in [0.717, 1.165) is 36.8 Å². The summed E-state index contributed by atoms with van der Waals surface area (Å²) in [6.07, 6.45) is 5.37. The third-order valence-electron chi connectivity index (χ3n) is 6.72. The van der Waals surface area contributed by atoms with E-state index in [0.29, 0.717) is 36.8 Å². The molecule has 0 spiro atoms. The average Bonchev–Trinajstić information content (AvgIpc) is 2.82. The van der Waals surface area contributed by atoms with Crippen LogP contribution < -0.4 is 20.2 Å². The van der Waals surface area contributed by atoms with Gasteiger partial charge in [0.15, 0.2) is 16.9 Å². The van der Waals surface area contributed by atoms with Gasteiger partial charge in [-0.3, -0.25) is 4.79 Å². The second kappa shape index (κ2) is 12.1. The van der Waals surface area contributed by atoms with Gasteiger partial charge in [0.1, 0.15) is 11.2 Å². The lowest BCUT2D eigenvalue weighted by Gasteiger charge is -2.39. The molecule has 1 aliphatic heterocycles. The highest BCUT2D eigenvalue weighted by atomic mass is 16.6. The van der Waals surface area contributed by atoms with Gasteiger partial charge in [0.25, 0.3) is 0 Å². The number of nitrogens with zero attached hydrogens (tertiary/aromatic N) is 1. The standard InChI is InChI=1S/C30H42N2O7/c1-29(2,3)26-15-19-14-25(38-13-11-9-8-10-12-31-28(36)39-30(4,5)6)24(37-7)16-20(19)22-17-23(33)21(27(34)35)18-32(22)26/h14,16-18,26H,8-13,15H2,1-7H3,(H,31,36)(H,34,35)/t26-/m1/s1. The number of methoxy groups -OCH3 is 1. The number of benzene rings is 1. The second-order valence-corrected chi connectivity index (χ2v) is 12.1. The molecular weight excluding hydrogens is 500 g/mol. The van der Waals surface area contributed by atoms with E-state index in [4.69, 9.17) is 14.2 Å². The molecule has 3 rings (SSSR count). The zero-order valence-corrected chi connectivity index (χ0v) is 24.2. The van der Waals surface area contributed by atoms with Gasteiger partial charge in [-0.15, -0.1) is 0 Å². The number of fused-ring (bicyclic) bond motifs is 3. The highest BCUT2D eigenvalue weighted by Crippen LogP contribution is 2.45. The quantitative estimate of drug-likeness (QED) is 0.363. The number of alkyl carbamates (subject to hydrolysis) is 1. The number of pyridine rings is 1. The fourth-order valence-corrected chi connectivity index (χ4v) is 4.76. The van der Waals surface area contributed by atoms with Crippen molar-refractivity contribution < 1.29 is 28.9 Å². The normalized spacial score (nSPS) is 14.7. The van der Waals surface area contributed by atoms with Crippen molar-refractivity contribution in [3.63, 3.8) is 0 Å². The van der Waals surface area contributed by atoms with Gasteiger partial charge >= 0.3 is 12.1 Å². The number of ether oxygens (including phenoxy) is 3. The number of aromatic carboxylic acids is 1. The van der Waals surface area contributed by atoms with Crippen molar-refractivity contribution in [1.82, 2.24) is 9.88 Å². The number of carboxylic acid groups (broad SMARTS) is 1. The summed E-state index contributed by atoms with van der Waals surface area (Å²) in [6.45, 7) is 12.9. The van der Waals surface area contributed by atoms with Crippen LogP contribution in [-0.2, 0) is 11.2 Å². The molecule has 0 saturated carbocycles. The molecule has 1 aliphatic rings. The maximum Gasteiger partial charge on any atom is 0.407 e. The van der Waals surface area contributed by atoms with E-state index < -0.39 is 23.1 Å². The molecule has 2 aromatic rings. The third kappa shape index (κ3) is 7.77. The predicted molar refractivity (Wildman–Crippen MR) is 150 cm³/mol. The lowest BCUT2D eigenvalue weighted by molar-refractivity contribution is 0.0526. The van der Waals surface area contributed by atoms with Crippen LogP contribution in [0, 0.1) is 5.41 Å². The Labute approximate surface area is 230 Å². The molecule has 0 saturated heterocycles. The smallest absolute Gasteiger partial charge is 0.407 e. The van der Waals surface area contributed by atoms with Gasteiger partial charge < -0.3 is 29.2 Å². The van der Waals surface area contributed by atoms with Crippen molar-refractivity contribution in [1.29, 1.82) is 0 Å². The van der Waals surface area contributed by atoms with Crippen LogP contribution in [0.1, 0.15) is 89.2 Å². The number of amides is 1. The lowest BCUT2D eigenvalue weighted by Crippen LogP contribution is -2.33. The molecule has 0 radical (unpaired) electrons. The summed E-state index contributed by atoms with van der Waals surface area (Å²) in [6, 6.07) is 5.22. The van der Waals surface area contributed by atoms with Crippen LogP contribution in [0.2, 0.25) is 0 Å². The number of hydrogen-bond donors (Lipinski definition) is 2. The number of carbonyl (C=O) groups is 2. The van der Waals surface area contributed by atoms with Gasteiger partial charge in [-0.1, -0.05) is 33.6 Å². The Morgan fingerprint density at radius 1 is 1.03 bits per heavy atom. The van der Waals surface area contributed by atoms with Crippen LogP contribution in [0.4, 0.5) is 4.79 Å². The molecule has 2 N–H and O–H groups in total. The van der Waals surface area contributed by atoms with Crippen LogP contribution in [0.15, 0.2) is 29.2 Å². The molecule has 1 atom stereocenters. The molecule has 1 amide bonds. The van der Waals surface area contributed by atoms with E-state index >= 15 is 0 Å². The first-order chi connectivity index (χ1) is 18.2.